The first-order valence-electron chi connectivity index (χ1n) is 8.34. The maximum atomic E-state index is 6.13. The number of anilines is 1. The van der Waals surface area contributed by atoms with Crippen LogP contribution in [0.1, 0.15) is 43.4 Å². The average Bonchev–Trinajstić information content (AvgIpc) is 3.21. The smallest absolute Gasteiger partial charge is 0.164 e. The van der Waals surface area contributed by atoms with E-state index < -0.39 is 0 Å². The first kappa shape index (κ1) is 13.9. The van der Waals surface area contributed by atoms with Crippen LogP contribution in [0.5, 0.6) is 0 Å². The highest BCUT2D eigenvalue weighted by Gasteiger charge is 2.30. The third-order valence-corrected chi connectivity index (χ3v) is 4.81. The van der Waals surface area contributed by atoms with E-state index in [9.17, 15) is 0 Å². The van der Waals surface area contributed by atoms with Gasteiger partial charge in [-0.3, -0.25) is 0 Å². The number of nitrogens with two attached hydrogens (primary N) is 1. The van der Waals surface area contributed by atoms with Gasteiger partial charge in [-0.2, -0.15) is 5.10 Å². The summed E-state index contributed by atoms with van der Waals surface area (Å²) in [4.78, 5) is 8.56. The highest BCUT2D eigenvalue weighted by Crippen LogP contribution is 2.42. The molecule has 8 heteroatoms. The van der Waals surface area contributed by atoms with Crippen LogP contribution in [0.4, 0.5) is 5.82 Å². The second-order valence-corrected chi connectivity index (χ2v) is 6.48. The maximum Gasteiger partial charge on any atom is 0.164 e. The SMILES string of the molecule is Nc1ncnc2c1c(-c1cc(C3CC3)on1)nn2C1CCOCC1. The molecule has 1 saturated heterocycles. The van der Waals surface area contributed by atoms with E-state index >= 15 is 0 Å². The van der Waals surface area contributed by atoms with Crippen molar-refractivity contribution in [2.75, 3.05) is 18.9 Å². The Morgan fingerprint density at radius 1 is 1.12 bits per heavy atom. The van der Waals surface area contributed by atoms with Crippen molar-refractivity contribution in [1.82, 2.24) is 24.9 Å². The molecule has 0 amide bonds. The van der Waals surface area contributed by atoms with Crippen LogP contribution in [0, 0.1) is 0 Å². The van der Waals surface area contributed by atoms with Crippen LogP contribution >= 0.6 is 0 Å². The van der Waals surface area contributed by atoms with E-state index in [0.29, 0.717) is 23.1 Å². The minimum atomic E-state index is 0.249. The lowest BCUT2D eigenvalue weighted by molar-refractivity contribution is 0.0674. The van der Waals surface area contributed by atoms with Gasteiger partial charge in [0.2, 0.25) is 0 Å². The fraction of sp³-hybridized carbons (Fsp3) is 0.500. The van der Waals surface area contributed by atoms with Crippen LogP contribution < -0.4 is 5.73 Å². The van der Waals surface area contributed by atoms with E-state index in [1.807, 2.05) is 10.7 Å². The van der Waals surface area contributed by atoms with E-state index in [1.165, 1.54) is 6.33 Å². The first-order chi connectivity index (χ1) is 11.8. The van der Waals surface area contributed by atoms with E-state index in [-0.39, 0.29) is 6.04 Å². The Labute approximate surface area is 138 Å². The first-order valence-corrected chi connectivity index (χ1v) is 8.34. The highest BCUT2D eigenvalue weighted by molar-refractivity contribution is 5.97. The monoisotopic (exact) mass is 326 g/mol. The Hall–Kier alpha value is -2.48. The molecule has 0 spiro atoms. The van der Waals surface area contributed by atoms with Crippen molar-refractivity contribution >= 4 is 16.9 Å². The highest BCUT2D eigenvalue weighted by atomic mass is 16.5. The number of aromatic nitrogens is 5. The molecule has 5 rings (SSSR count). The topological polar surface area (TPSA) is 105 Å². The molecule has 0 bridgehead atoms. The number of hydrogen-bond donors (Lipinski definition) is 1. The standard InChI is InChI=1S/C16H18N6O2/c17-15-13-14(11-7-12(24-21-11)9-1-2-9)20-22(16(13)19-8-18-15)10-3-5-23-6-4-10/h7-10H,1-6H2,(H2,17,18,19). The summed E-state index contributed by atoms with van der Waals surface area (Å²) in [7, 11) is 0. The van der Waals surface area contributed by atoms with Crippen LogP contribution in [0.2, 0.25) is 0 Å². The second kappa shape index (κ2) is 5.27. The Morgan fingerprint density at radius 3 is 2.75 bits per heavy atom. The summed E-state index contributed by atoms with van der Waals surface area (Å²) in [5.41, 5.74) is 8.28. The molecular formula is C16H18N6O2. The number of hydrogen-bond acceptors (Lipinski definition) is 7. The van der Waals surface area contributed by atoms with Gasteiger partial charge in [-0.05, 0) is 25.7 Å². The van der Waals surface area contributed by atoms with Crippen LogP contribution in [0.15, 0.2) is 16.9 Å². The van der Waals surface area contributed by atoms with E-state index in [4.69, 9.17) is 20.1 Å². The largest absolute Gasteiger partial charge is 0.383 e. The quantitative estimate of drug-likeness (QED) is 0.787. The molecule has 0 atom stereocenters. The zero-order valence-electron chi connectivity index (χ0n) is 13.2. The molecule has 0 radical (unpaired) electrons. The van der Waals surface area contributed by atoms with E-state index in [2.05, 4.69) is 15.1 Å². The van der Waals surface area contributed by atoms with Gasteiger partial charge < -0.3 is 15.0 Å². The van der Waals surface area contributed by atoms with Gasteiger partial charge in [0.15, 0.2) is 5.65 Å². The Kier molecular flexibility index (Phi) is 3.05. The van der Waals surface area contributed by atoms with Crippen molar-refractivity contribution in [3.63, 3.8) is 0 Å². The summed E-state index contributed by atoms with van der Waals surface area (Å²) < 4.78 is 12.9. The summed E-state index contributed by atoms with van der Waals surface area (Å²) >= 11 is 0. The molecule has 8 nitrogen and oxygen atoms in total. The summed E-state index contributed by atoms with van der Waals surface area (Å²) in [6.45, 7) is 1.47. The van der Waals surface area contributed by atoms with Crippen LogP contribution in [0.3, 0.4) is 0 Å². The average molecular weight is 326 g/mol. The third kappa shape index (κ3) is 2.17. The lowest BCUT2D eigenvalue weighted by atomic mass is 10.1. The number of fused-ring (bicyclic) bond motifs is 1. The van der Waals surface area contributed by atoms with Gasteiger partial charge in [-0.15, -0.1) is 0 Å². The van der Waals surface area contributed by atoms with Crippen molar-refractivity contribution < 1.29 is 9.26 Å². The van der Waals surface area contributed by atoms with Gasteiger partial charge in [0.05, 0.1) is 11.4 Å². The molecule has 2 N–H and O–H groups in total. The van der Waals surface area contributed by atoms with Gasteiger partial charge in [0, 0.05) is 25.2 Å². The van der Waals surface area contributed by atoms with Gasteiger partial charge in [0.1, 0.15) is 29.3 Å². The molecule has 2 aliphatic rings. The lowest BCUT2D eigenvalue weighted by Crippen LogP contribution is -2.20. The van der Waals surface area contributed by atoms with Crippen molar-refractivity contribution in [2.24, 2.45) is 0 Å². The molecule has 24 heavy (non-hydrogen) atoms. The molecule has 3 aromatic rings. The van der Waals surface area contributed by atoms with Gasteiger partial charge >= 0.3 is 0 Å². The zero-order valence-corrected chi connectivity index (χ0v) is 13.2. The number of nitrogens with zero attached hydrogens (tertiary/aromatic N) is 5. The normalized spacial score (nSPS) is 19.2. The molecule has 0 unspecified atom stereocenters. The number of ether oxygens (including phenoxy) is 1. The molecule has 1 aliphatic carbocycles. The van der Waals surface area contributed by atoms with E-state index in [1.54, 1.807) is 0 Å². The van der Waals surface area contributed by atoms with Crippen molar-refractivity contribution in [1.29, 1.82) is 0 Å². The molecule has 2 fully saturated rings. The summed E-state index contributed by atoms with van der Waals surface area (Å²) in [6, 6.07) is 2.22. The lowest BCUT2D eigenvalue weighted by Gasteiger charge is -2.22. The molecule has 3 aromatic heterocycles. The van der Waals surface area contributed by atoms with Gasteiger partial charge in [0.25, 0.3) is 0 Å². The summed E-state index contributed by atoms with van der Waals surface area (Å²) in [6.07, 6.45) is 5.63. The summed E-state index contributed by atoms with van der Waals surface area (Å²) in [5.74, 6) is 1.85. The van der Waals surface area contributed by atoms with E-state index in [0.717, 1.165) is 55.7 Å². The Morgan fingerprint density at radius 2 is 1.96 bits per heavy atom. The number of rotatable bonds is 3. The molecule has 1 aliphatic heterocycles. The fourth-order valence-electron chi connectivity index (χ4n) is 3.32. The predicted molar refractivity (Wildman–Crippen MR) is 86.3 cm³/mol. The maximum absolute atomic E-state index is 6.13. The molecule has 4 heterocycles. The zero-order chi connectivity index (χ0) is 16.1. The number of nitrogen functional groups attached to an aromatic ring is 1. The van der Waals surface area contributed by atoms with Crippen molar-refractivity contribution in [3.8, 4) is 11.4 Å². The van der Waals surface area contributed by atoms with Crippen molar-refractivity contribution in [3.05, 3.63) is 18.2 Å². The van der Waals surface area contributed by atoms with Crippen LogP contribution in [-0.2, 0) is 4.74 Å². The molecule has 0 aromatic carbocycles. The van der Waals surface area contributed by atoms with Crippen LogP contribution in [-0.4, -0.2) is 38.1 Å². The second-order valence-electron chi connectivity index (χ2n) is 6.48. The fourth-order valence-corrected chi connectivity index (χ4v) is 3.32. The minimum Gasteiger partial charge on any atom is -0.383 e. The van der Waals surface area contributed by atoms with Gasteiger partial charge in [-0.25, -0.2) is 14.6 Å². The molecule has 124 valence electrons. The third-order valence-electron chi connectivity index (χ3n) is 4.81. The van der Waals surface area contributed by atoms with Crippen LogP contribution in [0.25, 0.3) is 22.4 Å². The molecular weight excluding hydrogens is 308 g/mol. The Bertz CT molecular complexity index is 891. The minimum absolute atomic E-state index is 0.249. The van der Waals surface area contributed by atoms with Gasteiger partial charge in [-0.1, -0.05) is 5.16 Å². The molecule has 1 saturated carbocycles. The Balaban J connectivity index is 1.66. The van der Waals surface area contributed by atoms with Crippen molar-refractivity contribution in [2.45, 2.75) is 37.6 Å². The predicted octanol–water partition coefficient (Wildman–Crippen LogP) is 2.29. The summed E-state index contributed by atoms with van der Waals surface area (Å²) in [5, 5.41) is 9.75.